The molecule has 19 heavy (non-hydrogen) atoms. The van der Waals surface area contributed by atoms with E-state index >= 15 is 0 Å². The molecule has 0 saturated heterocycles. The third kappa shape index (κ3) is 5.42. The predicted octanol–water partition coefficient (Wildman–Crippen LogP) is 1.39. The molecule has 0 aliphatic heterocycles. The summed E-state index contributed by atoms with van der Waals surface area (Å²) in [6.45, 7) is 7.79. The van der Waals surface area contributed by atoms with E-state index in [0.29, 0.717) is 13.1 Å². The fourth-order valence-corrected chi connectivity index (χ4v) is 1.47. The summed E-state index contributed by atoms with van der Waals surface area (Å²) in [6.07, 6.45) is 1.80. The second kappa shape index (κ2) is 8.13. The highest BCUT2D eigenvalue weighted by molar-refractivity contribution is 5.79. The second-order valence-corrected chi connectivity index (χ2v) is 4.25. The van der Waals surface area contributed by atoms with Gasteiger partial charge in [-0.2, -0.15) is 0 Å². The Balaban J connectivity index is 2.70. The first-order valence-electron chi connectivity index (χ1n) is 6.43. The number of pyridine rings is 1. The molecule has 0 aromatic carbocycles. The number of nitrogens with one attached hydrogen (secondary N) is 2. The van der Waals surface area contributed by atoms with E-state index in [9.17, 15) is 0 Å². The fraction of sp³-hybridized carbons (Fsp3) is 0.429. The number of hydrogen-bond acceptors (Lipinski definition) is 3. The van der Waals surface area contributed by atoms with E-state index in [1.165, 1.54) is 0 Å². The summed E-state index contributed by atoms with van der Waals surface area (Å²) in [5, 5.41) is 6.34. The molecule has 5 heteroatoms. The smallest absolute Gasteiger partial charge is 0.191 e. The summed E-state index contributed by atoms with van der Waals surface area (Å²) in [4.78, 5) is 11.0. The van der Waals surface area contributed by atoms with Gasteiger partial charge in [-0.1, -0.05) is 12.1 Å². The number of aromatic nitrogens is 1. The van der Waals surface area contributed by atoms with Crippen LogP contribution in [0.2, 0.25) is 0 Å². The molecule has 1 rings (SSSR count). The molecule has 0 aliphatic carbocycles. The van der Waals surface area contributed by atoms with Gasteiger partial charge in [0.15, 0.2) is 5.96 Å². The van der Waals surface area contributed by atoms with Crippen LogP contribution in [0.5, 0.6) is 0 Å². The molecule has 0 radical (unpaired) electrons. The van der Waals surface area contributed by atoms with E-state index in [2.05, 4.69) is 27.2 Å². The fourth-order valence-electron chi connectivity index (χ4n) is 1.47. The molecule has 0 fully saturated rings. The van der Waals surface area contributed by atoms with Gasteiger partial charge in [0.1, 0.15) is 5.82 Å². The van der Waals surface area contributed by atoms with Gasteiger partial charge in [0.05, 0.1) is 12.2 Å². The third-order valence-corrected chi connectivity index (χ3v) is 2.41. The molecule has 1 aromatic heterocycles. The van der Waals surface area contributed by atoms with Crippen LogP contribution < -0.4 is 15.5 Å². The van der Waals surface area contributed by atoms with Crippen molar-refractivity contribution in [3.05, 3.63) is 36.5 Å². The van der Waals surface area contributed by atoms with Crippen molar-refractivity contribution in [2.75, 3.05) is 32.1 Å². The number of rotatable bonds is 6. The van der Waals surface area contributed by atoms with Crippen molar-refractivity contribution in [1.29, 1.82) is 0 Å². The van der Waals surface area contributed by atoms with Crippen molar-refractivity contribution in [2.45, 2.75) is 13.5 Å². The molecule has 0 unspecified atom stereocenters. The lowest BCUT2D eigenvalue weighted by molar-refractivity contribution is 0.851. The van der Waals surface area contributed by atoms with Crippen molar-refractivity contribution in [1.82, 2.24) is 15.6 Å². The average molecular weight is 261 g/mol. The van der Waals surface area contributed by atoms with Crippen molar-refractivity contribution < 1.29 is 0 Å². The number of hydrogen-bond donors (Lipinski definition) is 2. The number of guanidine groups is 1. The van der Waals surface area contributed by atoms with Crippen LogP contribution in [0.4, 0.5) is 5.82 Å². The van der Waals surface area contributed by atoms with Crippen LogP contribution in [0.15, 0.2) is 35.8 Å². The summed E-state index contributed by atoms with van der Waals surface area (Å²) >= 11 is 0. The van der Waals surface area contributed by atoms with E-state index < -0.39 is 0 Å². The Morgan fingerprint density at radius 1 is 1.42 bits per heavy atom. The van der Waals surface area contributed by atoms with E-state index in [1.807, 2.05) is 44.1 Å². The Kier molecular flexibility index (Phi) is 6.43. The van der Waals surface area contributed by atoms with Gasteiger partial charge in [0.25, 0.3) is 0 Å². The van der Waals surface area contributed by atoms with Gasteiger partial charge in [-0.25, -0.2) is 9.98 Å². The van der Waals surface area contributed by atoms with Crippen molar-refractivity contribution in [3.63, 3.8) is 0 Å². The zero-order chi connectivity index (χ0) is 14.1. The van der Waals surface area contributed by atoms with Gasteiger partial charge in [-0.05, 0) is 19.1 Å². The van der Waals surface area contributed by atoms with E-state index in [1.54, 1.807) is 6.08 Å². The van der Waals surface area contributed by atoms with Gasteiger partial charge in [0, 0.05) is 27.2 Å². The minimum absolute atomic E-state index is 0.550. The van der Waals surface area contributed by atoms with Crippen LogP contribution in [0, 0.1) is 0 Å². The predicted molar refractivity (Wildman–Crippen MR) is 81.6 cm³/mol. The number of anilines is 1. The lowest BCUT2D eigenvalue weighted by Crippen LogP contribution is -2.37. The van der Waals surface area contributed by atoms with Gasteiger partial charge in [0.2, 0.25) is 0 Å². The zero-order valence-electron chi connectivity index (χ0n) is 12.0. The normalized spacial score (nSPS) is 11.0. The second-order valence-electron chi connectivity index (χ2n) is 4.25. The molecule has 0 saturated carbocycles. The molecule has 0 aliphatic rings. The molecule has 0 spiro atoms. The lowest BCUT2D eigenvalue weighted by Gasteiger charge is -2.12. The van der Waals surface area contributed by atoms with Crippen molar-refractivity contribution in [2.24, 2.45) is 4.99 Å². The van der Waals surface area contributed by atoms with Crippen LogP contribution in [0.25, 0.3) is 0 Å². The molecule has 0 bridgehead atoms. The average Bonchev–Trinajstić information content (AvgIpc) is 2.42. The third-order valence-electron chi connectivity index (χ3n) is 2.41. The first-order chi connectivity index (χ1) is 9.17. The SMILES string of the molecule is C=CCNC(=NCc1cccc(N(C)C)n1)NCC. The monoisotopic (exact) mass is 261 g/mol. The maximum atomic E-state index is 4.53. The first-order valence-corrected chi connectivity index (χ1v) is 6.43. The molecule has 5 nitrogen and oxygen atoms in total. The summed E-state index contributed by atoms with van der Waals surface area (Å²) in [5.41, 5.74) is 0.946. The largest absolute Gasteiger partial charge is 0.363 e. The summed E-state index contributed by atoms with van der Waals surface area (Å²) in [5.74, 6) is 1.72. The Labute approximate surface area is 115 Å². The van der Waals surface area contributed by atoms with Crippen LogP contribution in [0.1, 0.15) is 12.6 Å². The standard InChI is InChI=1S/C14H23N5/c1-5-10-16-14(15-6-2)17-11-12-8-7-9-13(18-12)19(3)4/h5,7-9H,1,6,10-11H2,2-4H3,(H2,15,16,17). The Morgan fingerprint density at radius 2 is 2.21 bits per heavy atom. The Morgan fingerprint density at radius 3 is 2.84 bits per heavy atom. The summed E-state index contributed by atoms with van der Waals surface area (Å²) < 4.78 is 0. The van der Waals surface area contributed by atoms with E-state index in [-0.39, 0.29) is 0 Å². The topological polar surface area (TPSA) is 52.6 Å². The first kappa shape index (κ1) is 15.0. The summed E-state index contributed by atoms with van der Waals surface area (Å²) in [6, 6.07) is 5.96. The molecule has 1 heterocycles. The van der Waals surface area contributed by atoms with Crippen molar-refractivity contribution in [3.8, 4) is 0 Å². The van der Waals surface area contributed by atoms with Crippen molar-refractivity contribution >= 4 is 11.8 Å². The Bertz CT molecular complexity index is 426. The maximum Gasteiger partial charge on any atom is 0.191 e. The van der Waals surface area contributed by atoms with Crippen LogP contribution in [-0.4, -0.2) is 38.1 Å². The van der Waals surface area contributed by atoms with Crippen LogP contribution in [-0.2, 0) is 6.54 Å². The zero-order valence-corrected chi connectivity index (χ0v) is 12.0. The van der Waals surface area contributed by atoms with Gasteiger partial charge < -0.3 is 15.5 Å². The minimum Gasteiger partial charge on any atom is -0.363 e. The molecular weight excluding hydrogens is 238 g/mol. The van der Waals surface area contributed by atoms with Gasteiger partial charge in [-0.3, -0.25) is 0 Å². The van der Waals surface area contributed by atoms with Crippen LogP contribution >= 0.6 is 0 Å². The van der Waals surface area contributed by atoms with Gasteiger partial charge >= 0.3 is 0 Å². The van der Waals surface area contributed by atoms with E-state index in [4.69, 9.17) is 0 Å². The number of aliphatic imine (C=N–C) groups is 1. The molecular formula is C14H23N5. The quantitative estimate of drug-likeness (QED) is 0.461. The highest BCUT2D eigenvalue weighted by Gasteiger charge is 2.00. The summed E-state index contributed by atoms with van der Waals surface area (Å²) in [7, 11) is 3.95. The highest BCUT2D eigenvalue weighted by Crippen LogP contribution is 2.08. The molecule has 0 atom stereocenters. The maximum absolute atomic E-state index is 4.53. The minimum atomic E-state index is 0.550. The Hall–Kier alpha value is -2.04. The molecule has 104 valence electrons. The molecule has 0 amide bonds. The lowest BCUT2D eigenvalue weighted by atomic mass is 10.3. The molecule has 2 N–H and O–H groups in total. The van der Waals surface area contributed by atoms with Crippen LogP contribution in [0.3, 0.4) is 0 Å². The van der Waals surface area contributed by atoms with Gasteiger partial charge in [-0.15, -0.1) is 6.58 Å². The molecule has 1 aromatic rings. The number of nitrogens with zero attached hydrogens (tertiary/aromatic N) is 3. The highest BCUT2D eigenvalue weighted by atomic mass is 15.2. The van der Waals surface area contributed by atoms with E-state index in [0.717, 1.165) is 24.0 Å².